The molecule has 3 aromatic rings. The third-order valence-corrected chi connectivity index (χ3v) is 6.42. The summed E-state index contributed by atoms with van der Waals surface area (Å²) in [5.41, 5.74) is 9.80. The molecular formula is C29H27NO. The molecule has 154 valence electrons. The Bertz CT molecular complexity index is 1240. The zero-order valence-electron chi connectivity index (χ0n) is 18.5. The molecule has 0 radical (unpaired) electrons. The molecule has 0 aromatic heterocycles. The van der Waals surface area contributed by atoms with E-state index in [-0.39, 0.29) is 11.2 Å². The molecule has 4 rings (SSSR count). The highest BCUT2D eigenvalue weighted by molar-refractivity contribution is 6.00. The predicted molar refractivity (Wildman–Crippen MR) is 127 cm³/mol. The number of nitriles is 1. The monoisotopic (exact) mass is 405 g/mol. The van der Waals surface area contributed by atoms with Crippen molar-refractivity contribution in [3.8, 4) is 17.2 Å². The maximum absolute atomic E-state index is 12.9. The molecule has 2 heteroatoms. The first-order chi connectivity index (χ1) is 14.8. The maximum Gasteiger partial charge on any atom is 0.163 e. The van der Waals surface area contributed by atoms with Gasteiger partial charge in [-0.3, -0.25) is 4.79 Å². The summed E-state index contributed by atoms with van der Waals surface area (Å²) in [6.45, 7) is 10.4. The molecule has 0 bridgehead atoms. The number of ketones is 1. The smallest absolute Gasteiger partial charge is 0.163 e. The number of fused-ring (bicyclic) bond motifs is 3. The highest BCUT2D eigenvalue weighted by Gasteiger charge is 2.35. The van der Waals surface area contributed by atoms with Gasteiger partial charge in [-0.1, -0.05) is 86.7 Å². The number of hydrogen-bond acceptors (Lipinski definition) is 2. The molecule has 0 aliphatic heterocycles. The quantitative estimate of drug-likeness (QED) is 0.418. The summed E-state index contributed by atoms with van der Waals surface area (Å²) in [5, 5.41) is 9.06. The van der Waals surface area contributed by atoms with Crippen molar-refractivity contribution >= 4 is 11.4 Å². The summed E-state index contributed by atoms with van der Waals surface area (Å²) in [5.74, 6) is 0.155. The lowest BCUT2D eigenvalue weighted by molar-refractivity contribution is 0.0982. The van der Waals surface area contributed by atoms with Gasteiger partial charge in [-0.25, -0.2) is 0 Å². The van der Waals surface area contributed by atoms with Crippen LogP contribution in [-0.4, -0.2) is 5.78 Å². The molecule has 0 spiro atoms. The van der Waals surface area contributed by atoms with Crippen molar-refractivity contribution in [1.82, 2.24) is 0 Å². The molecule has 0 heterocycles. The van der Waals surface area contributed by atoms with E-state index in [0.717, 1.165) is 22.3 Å². The lowest BCUT2D eigenvalue weighted by Crippen LogP contribution is -2.15. The molecule has 0 saturated heterocycles. The summed E-state index contributed by atoms with van der Waals surface area (Å²) in [6.07, 6.45) is 1.62. The number of allylic oxidation sites excluding steroid dienone is 1. The van der Waals surface area contributed by atoms with Crippen LogP contribution >= 0.6 is 0 Å². The fraction of sp³-hybridized carbons (Fsp3) is 0.241. The number of carbonyl (C=O) groups is 1. The van der Waals surface area contributed by atoms with E-state index in [9.17, 15) is 4.79 Å². The van der Waals surface area contributed by atoms with Gasteiger partial charge in [0.25, 0.3) is 0 Å². The number of aryl methyl sites for hydroxylation is 1. The number of nitrogens with zero attached hydrogens (tertiary/aromatic N) is 1. The minimum atomic E-state index is -0.122. The Labute approximate surface area is 184 Å². The van der Waals surface area contributed by atoms with Gasteiger partial charge in [0.05, 0.1) is 12.5 Å². The Balaban J connectivity index is 1.59. The number of rotatable bonds is 6. The first-order valence-electron chi connectivity index (χ1n) is 10.7. The van der Waals surface area contributed by atoms with Crippen molar-refractivity contribution in [3.05, 3.63) is 101 Å². The minimum Gasteiger partial charge on any atom is -0.294 e. The number of benzene rings is 3. The van der Waals surface area contributed by atoms with E-state index >= 15 is 0 Å². The zero-order valence-corrected chi connectivity index (χ0v) is 18.5. The van der Waals surface area contributed by atoms with E-state index in [1.54, 1.807) is 0 Å². The summed E-state index contributed by atoms with van der Waals surface area (Å²) >= 11 is 0. The first kappa shape index (κ1) is 20.8. The average molecular weight is 406 g/mol. The highest BCUT2D eigenvalue weighted by atomic mass is 16.1. The Hall–Kier alpha value is -3.44. The molecule has 1 aliphatic carbocycles. The standard InChI is InChI=1S/C29H27NO/c1-19(2)22-7-5-6-8-25(22)28(31)14-11-20-9-12-23-24-13-10-21(15-16-30)18-27(24)29(3,4)26(23)17-20/h5-10,12-13,17-18H,1,11,14-15H2,2-4H3. The molecule has 2 nitrogen and oxygen atoms in total. The molecule has 0 saturated carbocycles. The van der Waals surface area contributed by atoms with Gasteiger partial charge in [0.2, 0.25) is 0 Å². The highest BCUT2D eigenvalue weighted by Crippen LogP contribution is 2.49. The van der Waals surface area contributed by atoms with Crippen molar-refractivity contribution < 1.29 is 4.79 Å². The van der Waals surface area contributed by atoms with E-state index < -0.39 is 0 Å². The van der Waals surface area contributed by atoms with Crippen molar-refractivity contribution in [2.75, 3.05) is 0 Å². The zero-order chi connectivity index (χ0) is 22.2. The molecular weight excluding hydrogens is 378 g/mol. The van der Waals surface area contributed by atoms with E-state index in [2.05, 4.69) is 62.9 Å². The van der Waals surface area contributed by atoms with Crippen LogP contribution in [0.2, 0.25) is 0 Å². The molecule has 0 fully saturated rings. The second kappa shape index (κ2) is 8.00. The Morgan fingerprint density at radius 2 is 1.52 bits per heavy atom. The molecule has 3 aromatic carbocycles. The summed E-state index contributed by atoms with van der Waals surface area (Å²) in [6, 6.07) is 22.9. The van der Waals surface area contributed by atoms with E-state index in [0.29, 0.717) is 19.3 Å². The third kappa shape index (κ3) is 3.73. The normalized spacial score (nSPS) is 13.2. The lowest BCUT2D eigenvalue weighted by atomic mass is 9.81. The van der Waals surface area contributed by atoms with Gasteiger partial charge in [-0.15, -0.1) is 0 Å². The summed E-state index contributed by atoms with van der Waals surface area (Å²) < 4.78 is 0. The number of hydrogen-bond donors (Lipinski definition) is 0. The average Bonchev–Trinajstić information content (AvgIpc) is 2.98. The Morgan fingerprint density at radius 1 is 0.935 bits per heavy atom. The molecule has 0 unspecified atom stereocenters. The SMILES string of the molecule is C=C(C)c1ccccc1C(=O)CCc1ccc2c(c1)C(C)(C)c1cc(CC#N)ccc1-2. The van der Waals surface area contributed by atoms with Crippen molar-refractivity contribution in [2.45, 2.75) is 45.4 Å². The first-order valence-corrected chi connectivity index (χ1v) is 10.7. The Kier molecular flexibility index (Phi) is 5.38. The van der Waals surface area contributed by atoms with E-state index in [1.807, 2.05) is 31.2 Å². The van der Waals surface area contributed by atoms with Gasteiger partial charge in [-0.2, -0.15) is 5.26 Å². The van der Waals surface area contributed by atoms with Crippen LogP contribution in [-0.2, 0) is 18.3 Å². The maximum atomic E-state index is 12.9. The van der Waals surface area contributed by atoms with Crippen LogP contribution in [0.5, 0.6) is 0 Å². The van der Waals surface area contributed by atoms with Crippen molar-refractivity contribution in [1.29, 1.82) is 5.26 Å². The van der Waals surface area contributed by atoms with Gasteiger partial charge < -0.3 is 0 Å². The topological polar surface area (TPSA) is 40.9 Å². The second-order valence-corrected chi connectivity index (χ2v) is 8.97. The van der Waals surface area contributed by atoms with Crippen LogP contribution in [0.15, 0.2) is 67.2 Å². The number of carbonyl (C=O) groups excluding carboxylic acids is 1. The van der Waals surface area contributed by atoms with Gasteiger partial charge in [-0.05, 0) is 52.3 Å². The van der Waals surface area contributed by atoms with Crippen molar-refractivity contribution in [3.63, 3.8) is 0 Å². The third-order valence-electron chi connectivity index (χ3n) is 6.42. The van der Waals surface area contributed by atoms with Crippen LogP contribution in [0.25, 0.3) is 16.7 Å². The van der Waals surface area contributed by atoms with Crippen LogP contribution in [0.1, 0.15) is 65.4 Å². The van der Waals surface area contributed by atoms with Gasteiger partial charge in [0, 0.05) is 17.4 Å². The van der Waals surface area contributed by atoms with Gasteiger partial charge >= 0.3 is 0 Å². The second-order valence-electron chi connectivity index (χ2n) is 8.97. The molecule has 31 heavy (non-hydrogen) atoms. The van der Waals surface area contributed by atoms with Crippen LogP contribution in [0.4, 0.5) is 0 Å². The molecule has 0 N–H and O–H groups in total. The summed E-state index contributed by atoms with van der Waals surface area (Å²) in [4.78, 5) is 12.9. The molecule has 0 atom stereocenters. The van der Waals surface area contributed by atoms with Crippen molar-refractivity contribution in [2.24, 2.45) is 0 Å². The fourth-order valence-electron chi connectivity index (χ4n) is 4.68. The Morgan fingerprint density at radius 3 is 2.13 bits per heavy atom. The van der Waals surface area contributed by atoms with E-state index in [4.69, 9.17) is 5.26 Å². The number of Topliss-reactive ketones (excluding diaryl/α,β-unsaturated/α-hetero) is 1. The largest absolute Gasteiger partial charge is 0.294 e. The van der Waals surface area contributed by atoms with E-state index in [1.165, 1.54) is 27.8 Å². The predicted octanol–water partition coefficient (Wildman–Crippen LogP) is 6.91. The fourth-order valence-corrected chi connectivity index (χ4v) is 4.68. The lowest BCUT2D eigenvalue weighted by Gasteiger charge is -2.22. The molecule has 1 aliphatic rings. The van der Waals surface area contributed by atoms with Gasteiger partial charge in [0.1, 0.15) is 0 Å². The van der Waals surface area contributed by atoms with Gasteiger partial charge in [0.15, 0.2) is 5.78 Å². The van der Waals surface area contributed by atoms with Crippen LogP contribution < -0.4 is 0 Å². The summed E-state index contributed by atoms with van der Waals surface area (Å²) in [7, 11) is 0. The molecule has 0 amide bonds. The van der Waals surface area contributed by atoms with Crippen LogP contribution in [0.3, 0.4) is 0 Å². The minimum absolute atomic E-state index is 0.122. The van der Waals surface area contributed by atoms with Crippen LogP contribution in [0, 0.1) is 11.3 Å².